The molecule has 0 aromatic carbocycles. The highest BCUT2D eigenvalue weighted by atomic mass is 16.7. The first-order valence-electron chi connectivity index (χ1n) is 15.9. The number of carbonyl (C=O) groups excluding carboxylic acids is 1. The van der Waals surface area contributed by atoms with Gasteiger partial charge in [-0.3, -0.25) is 4.79 Å². The number of esters is 1. The minimum atomic E-state index is -2.10. The van der Waals surface area contributed by atoms with E-state index in [-0.39, 0.29) is 25.4 Å². The Bertz CT molecular complexity index is 1220. The van der Waals surface area contributed by atoms with Gasteiger partial charge in [0.25, 0.3) is 0 Å². The van der Waals surface area contributed by atoms with Crippen molar-refractivity contribution in [3.05, 3.63) is 60.8 Å². The van der Waals surface area contributed by atoms with Crippen molar-refractivity contribution in [3.63, 3.8) is 0 Å². The maximum Gasteiger partial charge on any atom is 0.330 e. The number of aliphatic hydroxyl groups excluding tert-OH is 4. The second-order valence-electron chi connectivity index (χ2n) is 12.6. The van der Waals surface area contributed by atoms with Crippen LogP contribution in [0.3, 0.4) is 0 Å². The van der Waals surface area contributed by atoms with Gasteiger partial charge in [0, 0.05) is 38.2 Å². The number of cyclic esters (lactones) is 1. The van der Waals surface area contributed by atoms with Gasteiger partial charge in [0.2, 0.25) is 0 Å². The average Bonchev–Trinajstić information content (AvgIpc) is 3.72. The molecular formula is C33H47NO13. The second kappa shape index (κ2) is 16.6. The Morgan fingerprint density at radius 1 is 0.936 bits per heavy atom. The molecule has 8 N–H and O–H groups in total. The highest BCUT2D eigenvalue weighted by molar-refractivity contribution is 5.82. The highest BCUT2D eigenvalue weighted by Gasteiger charge is 2.51. The Labute approximate surface area is 273 Å². The molecule has 4 aliphatic rings. The minimum Gasteiger partial charge on any atom is -0.481 e. The highest BCUT2D eigenvalue weighted by Crippen LogP contribution is 2.39. The number of ether oxygens (including phenoxy) is 5. The van der Waals surface area contributed by atoms with E-state index in [1.54, 1.807) is 56.4 Å². The molecule has 0 spiro atoms. The largest absolute Gasteiger partial charge is 0.481 e. The number of hydrogen-bond donors (Lipinski definition) is 7. The van der Waals surface area contributed by atoms with E-state index >= 15 is 0 Å². The standard InChI is InChI=1S/C33H47NO13/c1-18-10-8-6-4-3-5-7-9-11-21(45-32-30(39)28(34)29(38)19(2)44-32)15-25-27(31(40)41)22(36)17-33(42,47-25)16-20(35)14-24-23(46-24)12-13-26(37)43-18/h3-9,11-13,18-25,27-30,32,35-36,38-39,42H,10,14-17,34H2,1-2H3,(H,40,41)/b4-3-,7-5+,8-6+,11-9+,13-12+/t18-,19-,20-,21+,22+,23+,24+,25-,27+,28+,29+,30+,32-,33+/m0/s1. The molecule has 4 aliphatic heterocycles. The fourth-order valence-corrected chi connectivity index (χ4v) is 6.00. The first-order valence-corrected chi connectivity index (χ1v) is 15.9. The monoisotopic (exact) mass is 665 g/mol. The van der Waals surface area contributed by atoms with Gasteiger partial charge in [-0.2, -0.15) is 0 Å². The fraction of sp³-hybridized carbons (Fsp3) is 0.636. The number of hydrogen-bond acceptors (Lipinski definition) is 13. The van der Waals surface area contributed by atoms with Crippen LogP contribution in [-0.4, -0.2) is 122 Å². The number of carboxylic acids is 1. The Kier molecular flexibility index (Phi) is 13.1. The molecule has 0 aromatic heterocycles. The zero-order chi connectivity index (χ0) is 34.3. The topological polar surface area (TPSA) is 231 Å². The quantitative estimate of drug-likeness (QED) is 0.157. The van der Waals surface area contributed by atoms with Gasteiger partial charge < -0.3 is 60.1 Å². The van der Waals surface area contributed by atoms with Crippen molar-refractivity contribution in [2.24, 2.45) is 11.7 Å². The molecule has 0 aromatic rings. The van der Waals surface area contributed by atoms with Gasteiger partial charge in [-0.05, 0) is 19.9 Å². The molecule has 0 aliphatic carbocycles. The van der Waals surface area contributed by atoms with Crippen LogP contribution in [-0.2, 0) is 33.3 Å². The molecule has 0 unspecified atom stereocenters. The molecule has 262 valence electrons. The number of aliphatic hydroxyl groups is 5. The summed E-state index contributed by atoms with van der Waals surface area (Å²) in [5.74, 6) is -5.45. The van der Waals surface area contributed by atoms with Gasteiger partial charge in [-0.25, -0.2) is 4.79 Å². The van der Waals surface area contributed by atoms with Crippen molar-refractivity contribution >= 4 is 11.9 Å². The van der Waals surface area contributed by atoms with Crippen LogP contribution in [0, 0.1) is 5.92 Å². The predicted molar refractivity (Wildman–Crippen MR) is 165 cm³/mol. The lowest BCUT2D eigenvalue weighted by atomic mass is 9.83. The number of epoxide rings is 1. The van der Waals surface area contributed by atoms with Gasteiger partial charge in [-0.1, -0.05) is 48.6 Å². The van der Waals surface area contributed by atoms with Gasteiger partial charge in [0.15, 0.2) is 12.1 Å². The van der Waals surface area contributed by atoms with Crippen molar-refractivity contribution in [1.82, 2.24) is 0 Å². The van der Waals surface area contributed by atoms with E-state index in [1.165, 1.54) is 12.2 Å². The summed E-state index contributed by atoms with van der Waals surface area (Å²) in [5.41, 5.74) is 5.98. The minimum absolute atomic E-state index is 0.0789. The van der Waals surface area contributed by atoms with Gasteiger partial charge in [-0.15, -0.1) is 0 Å². The molecule has 0 saturated carbocycles. The lowest BCUT2D eigenvalue weighted by molar-refractivity contribution is -0.308. The van der Waals surface area contributed by atoms with Crippen molar-refractivity contribution in [2.75, 3.05) is 0 Å². The zero-order valence-electron chi connectivity index (χ0n) is 26.4. The summed E-state index contributed by atoms with van der Waals surface area (Å²) >= 11 is 0. The van der Waals surface area contributed by atoms with E-state index in [1.807, 2.05) is 6.08 Å². The third-order valence-corrected chi connectivity index (χ3v) is 8.58. The molecule has 0 amide bonds. The normalized spacial score (nSPS) is 47.2. The van der Waals surface area contributed by atoms with Crippen LogP contribution in [0.25, 0.3) is 0 Å². The van der Waals surface area contributed by atoms with Crippen LogP contribution in [0.1, 0.15) is 46.0 Å². The van der Waals surface area contributed by atoms with Crippen molar-refractivity contribution < 1.29 is 63.9 Å². The molecule has 3 fully saturated rings. The number of carboxylic acid groups (broad SMARTS) is 1. The van der Waals surface area contributed by atoms with Crippen LogP contribution >= 0.6 is 0 Å². The maximum atomic E-state index is 12.3. The predicted octanol–water partition coefficient (Wildman–Crippen LogP) is 0.120. The van der Waals surface area contributed by atoms with E-state index in [4.69, 9.17) is 29.4 Å². The number of allylic oxidation sites excluding steroid dienone is 6. The lowest BCUT2D eigenvalue weighted by Gasteiger charge is -2.45. The van der Waals surface area contributed by atoms with Gasteiger partial charge >= 0.3 is 11.9 Å². The van der Waals surface area contributed by atoms with Crippen LogP contribution in [0.5, 0.6) is 0 Å². The number of rotatable bonds is 3. The van der Waals surface area contributed by atoms with Crippen molar-refractivity contribution in [1.29, 1.82) is 0 Å². The number of fused-ring (bicyclic) bond motifs is 3. The molecule has 2 bridgehead atoms. The van der Waals surface area contributed by atoms with Gasteiger partial charge in [0.05, 0.1) is 48.8 Å². The summed E-state index contributed by atoms with van der Waals surface area (Å²) in [7, 11) is 0. The van der Waals surface area contributed by atoms with Crippen LogP contribution in [0.4, 0.5) is 0 Å². The Hall–Kier alpha value is -2.76. The molecule has 0 radical (unpaired) electrons. The molecule has 14 nitrogen and oxygen atoms in total. The van der Waals surface area contributed by atoms with E-state index in [2.05, 4.69) is 0 Å². The molecule has 4 rings (SSSR count). The molecule has 3 saturated heterocycles. The molecule has 14 heteroatoms. The van der Waals surface area contributed by atoms with E-state index < -0.39 is 97.3 Å². The summed E-state index contributed by atoms with van der Waals surface area (Å²) in [5, 5.41) is 63.9. The summed E-state index contributed by atoms with van der Waals surface area (Å²) in [6.07, 6.45) is 5.25. The third-order valence-electron chi connectivity index (χ3n) is 8.58. The third kappa shape index (κ3) is 10.6. The van der Waals surface area contributed by atoms with Crippen LogP contribution < -0.4 is 5.73 Å². The number of aliphatic carboxylic acids is 1. The second-order valence-corrected chi connectivity index (χ2v) is 12.6. The Morgan fingerprint density at radius 3 is 2.36 bits per heavy atom. The van der Waals surface area contributed by atoms with Crippen LogP contribution in [0.2, 0.25) is 0 Å². The lowest BCUT2D eigenvalue weighted by Crippen LogP contribution is -2.61. The summed E-state index contributed by atoms with van der Waals surface area (Å²) < 4.78 is 28.5. The average molecular weight is 666 g/mol. The van der Waals surface area contributed by atoms with Crippen molar-refractivity contribution in [2.45, 2.75) is 125 Å². The zero-order valence-corrected chi connectivity index (χ0v) is 26.4. The molecular weight excluding hydrogens is 618 g/mol. The molecule has 4 heterocycles. The van der Waals surface area contributed by atoms with Crippen molar-refractivity contribution in [3.8, 4) is 0 Å². The molecule has 47 heavy (non-hydrogen) atoms. The maximum absolute atomic E-state index is 12.3. The number of carbonyl (C=O) groups is 2. The first-order chi connectivity index (χ1) is 22.3. The Morgan fingerprint density at radius 2 is 1.64 bits per heavy atom. The smallest absolute Gasteiger partial charge is 0.330 e. The first kappa shape index (κ1) is 37.1. The molecule has 14 atom stereocenters. The summed E-state index contributed by atoms with van der Waals surface area (Å²) in [4.78, 5) is 24.4. The van der Waals surface area contributed by atoms with E-state index in [9.17, 15) is 40.2 Å². The van der Waals surface area contributed by atoms with E-state index in [0.29, 0.717) is 6.42 Å². The summed E-state index contributed by atoms with van der Waals surface area (Å²) in [6, 6.07) is -1.08. The SMILES string of the molecule is C[C@@H]1O[C@@H](O[C@@H]2/C=C/C=C/C=C\C=C\C[C@H](C)OC(=O)/C=C/[C@H]3O[C@@H]3C[C@H](O)C[C@]3(O)C[C@@H](O)[C@@H](C(=O)O)[C@H](C2)O3)[C@H](O)[C@H](N)[C@@H]1O. The number of nitrogens with two attached hydrogens (primary N) is 1. The van der Waals surface area contributed by atoms with Gasteiger partial charge in [0.1, 0.15) is 24.2 Å². The Balaban J connectivity index is 1.58. The van der Waals surface area contributed by atoms with E-state index in [0.717, 1.165) is 0 Å². The fourth-order valence-electron chi connectivity index (χ4n) is 6.00. The van der Waals surface area contributed by atoms with Crippen LogP contribution in [0.15, 0.2) is 60.8 Å². The summed E-state index contributed by atoms with van der Waals surface area (Å²) in [6.45, 7) is 3.34.